The number of hydrogen-bond acceptors (Lipinski definition) is 1. The van der Waals surface area contributed by atoms with Gasteiger partial charge in [0.2, 0.25) is 0 Å². The van der Waals surface area contributed by atoms with Crippen LogP contribution < -0.4 is 0 Å². The molecular weight excluding hydrogens is 363 g/mol. The number of carbonyl (C=O) groups is 1. The van der Waals surface area contributed by atoms with Crippen LogP contribution in [0.1, 0.15) is 103 Å². The molecule has 24 heavy (non-hydrogen) atoms. The highest BCUT2D eigenvalue weighted by molar-refractivity contribution is 6.53. The smallest absolute Gasteiger partial charge is 0.137 e. The van der Waals surface area contributed by atoms with E-state index < -0.39 is 9.71 Å². The summed E-state index contributed by atoms with van der Waals surface area (Å²) in [4.78, 5) is 12.2. The van der Waals surface area contributed by atoms with Gasteiger partial charge in [-0.05, 0) is 19.3 Å². The summed E-state index contributed by atoms with van der Waals surface area (Å²) >= 11 is 18.5. The van der Waals surface area contributed by atoms with Crippen molar-refractivity contribution >= 4 is 40.6 Å². The van der Waals surface area contributed by atoms with Crippen molar-refractivity contribution in [2.75, 3.05) is 0 Å². The molecule has 142 valence electrons. The average molecular weight is 398 g/mol. The van der Waals surface area contributed by atoms with Crippen molar-refractivity contribution in [1.29, 1.82) is 0 Å². The highest BCUT2D eigenvalue weighted by Crippen LogP contribution is 2.47. The van der Waals surface area contributed by atoms with Crippen molar-refractivity contribution in [3.8, 4) is 0 Å². The SMILES string of the molecule is CCCCCCCCCCCCCCC(=O)C1CCC(Cl)(Cl)C1Cl. The third-order valence-corrected chi connectivity index (χ3v) is 6.98. The molecule has 2 atom stereocenters. The van der Waals surface area contributed by atoms with Crippen LogP contribution in [0.4, 0.5) is 0 Å². The molecule has 1 rings (SSSR count). The highest BCUT2D eigenvalue weighted by Gasteiger charge is 2.47. The van der Waals surface area contributed by atoms with E-state index in [2.05, 4.69) is 6.92 Å². The maximum Gasteiger partial charge on any atom is 0.137 e. The highest BCUT2D eigenvalue weighted by atomic mass is 35.5. The summed E-state index contributed by atoms with van der Waals surface area (Å²) in [6.07, 6.45) is 17.7. The Morgan fingerprint density at radius 1 is 0.875 bits per heavy atom. The Hall–Kier alpha value is 0.540. The molecule has 1 fully saturated rings. The van der Waals surface area contributed by atoms with Crippen LogP contribution in [0.2, 0.25) is 0 Å². The predicted molar refractivity (Wildman–Crippen MR) is 108 cm³/mol. The Kier molecular flexibility index (Phi) is 12.1. The van der Waals surface area contributed by atoms with Gasteiger partial charge >= 0.3 is 0 Å². The van der Waals surface area contributed by atoms with E-state index in [0.717, 1.165) is 19.3 Å². The summed E-state index contributed by atoms with van der Waals surface area (Å²) in [6, 6.07) is 0. The van der Waals surface area contributed by atoms with Gasteiger partial charge < -0.3 is 0 Å². The lowest BCUT2D eigenvalue weighted by molar-refractivity contribution is -0.122. The Bertz CT molecular complexity index is 344. The van der Waals surface area contributed by atoms with Gasteiger partial charge in [0.1, 0.15) is 10.1 Å². The van der Waals surface area contributed by atoms with Gasteiger partial charge in [0.25, 0.3) is 0 Å². The van der Waals surface area contributed by atoms with E-state index in [-0.39, 0.29) is 11.7 Å². The Balaban J connectivity index is 1.91. The zero-order valence-electron chi connectivity index (χ0n) is 15.3. The second-order valence-electron chi connectivity index (χ2n) is 7.41. The topological polar surface area (TPSA) is 17.1 Å². The van der Waals surface area contributed by atoms with Crippen molar-refractivity contribution in [3.63, 3.8) is 0 Å². The van der Waals surface area contributed by atoms with E-state index >= 15 is 0 Å². The third-order valence-electron chi connectivity index (χ3n) is 5.24. The molecule has 0 heterocycles. The van der Waals surface area contributed by atoms with Crippen LogP contribution in [0.3, 0.4) is 0 Å². The molecule has 0 aromatic carbocycles. The molecule has 0 N–H and O–H groups in total. The van der Waals surface area contributed by atoms with E-state index in [0.29, 0.717) is 12.8 Å². The minimum absolute atomic E-state index is 0.144. The Labute approximate surface area is 164 Å². The molecule has 1 aliphatic rings. The summed E-state index contributed by atoms with van der Waals surface area (Å²) in [5.41, 5.74) is 0. The predicted octanol–water partition coefficient (Wildman–Crippen LogP) is 7.84. The van der Waals surface area contributed by atoms with E-state index in [1.165, 1.54) is 64.2 Å². The minimum atomic E-state index is -0.918. The maximum absolute atomic E-state index is 12.2. The zero-order valence-corrected chi connectivity index (χ0v) is 17.6. The van der Waals surface area contributed by atoms with Gasteiger partial charge in [-0.25, -0.2) is 0 Å². The van der Waals surface area contributed by atoms with E-state index in [9.17, 15) is 4.79 Å². The molecule has 0 aromatic rings. The average Bonchev–Trinajstić information content (AvgIpc) is 2.82. The standard InChI is InChI=1S/C20H35Cl3O/c1-2-3-4-5-6-7-8-9-10-11-12-13-14-18(24)17-15-16-20(22,23)19(17)21/h17,19H,2-16H2,1H3. The van der Waals surface area contributed by atoms with Gasteiger partial charge in [-0.2, -0.15) is 0 Å². The van der Waals surface area contributed by atoms with E-state index in [1.54, 1.807) is 0 Å². The molecule has 0 amide bonds. The fourth-order valence-corrected chi connectivity index (χ4v) is 4.47. The van der Waals surface area contributed by atoms with Gasteiger partial charge in [0, 0.05) is 12.3 Å². The second kappa shape index (κ2) is 12.8. The number of hydrogen-bond donors (Lipinski definition) is 0. The van der Waals surface area contributed by atoms with Gasteiger partial charge in [0.15, 0.2) is 0 Å². The number of carbonyl (C=O) groups excluding carboxylic acids is 1. The monoisotopic (exact) mass is 396 g/mol. The van der Waals surface area contributed by atoms with E-state index in [4.69, 9.17) is 34.8 Å². The second-order valence-corrected chi connectivity index (χ2v) is 9.43. The van der Waals surface area contributed by atoms with Crippen LogP contribution in [0.15, 0.2) is 0 Å². The summed E-state index contributed by atoms with van der Waals surface area (Å²) in [7, 11) is 0. The van der Waals surface area contributed by atoms with Crippen LogP contribution >= 0.6 is 34.8 Å². The normalized spacial score (nSPS) is 22.8. The lowest BCUT2D eigenvalue weighted by Crippen LogP contribution is -2.28. The largest absolute Gasteiger partial charge is 0.299 e. The van der Waals surface area contributed by atoms with Crippen molar-refractivity contribution in [1.82, 2.24) is 0 Å². The molecular formula is C20H35Cl3O. The summed E-state index contributed by atoms with van der Waals surface area (Å²) in [6.45, 7) is 2.26. The summed E-state index contributed by atoms with van der Waals surface area (Å²) < 4.78 is -0.918. The fourth-order valence-electron chi connectivity index (χ4n) is 3.58. The lowest BCUT2D eigenvalue weighted by atomic mass is 9.97. The first-order valence-corrected chi connectivity index (χ1v) is 11.2. The van der Waals surface area contributed by atoms with E-state index in [1.807, 2.05) is 0 Å². The molecule has 1 aliphatic carbocycles. The number of Topliss-reactive ketones (excluding diaryl/α,β-unsaturated/α-hetero) is 1. The molecule has 4 heteroatoms. The van der Waals surface area contributed by atoms with Crippen molar-refractivity contribution < 1.29 is 4.79 Å². The molecule has 1 saturated carbocycles. The van der Waals surface area contributed by atoms with Crippen LogP contribution in [-0.2, 0) is 4.79 Å². The van der Waals surface area contributed by atoms with Crippen LogP contribution in [-0.4, -0.2) is 15.5 Å². The fraction of sp³-hybridized carbons (Fsp3) is 0.950. The van der Waals surface area contributed by atoms with Gasteiger partial charge in [-0.1, -0.05) is 101 Å². The van der Waals surface area contributed by atoms with Gasteiger partial charge in [-0.15, -0.1) is 11.6 Å². The lowest BCUT2D eigenvalue weighted by Gasteiger charge is -2.19. The molecule has 0 saturated heterocycles. The first-order valence-electron chi connectivity index (χ1n) is 10.0. The minimum Gasteiger partial charge on any atom is -0.299 e. The molecule has 0 bridgehead atoms. The number of alkyl halides is 3. The molecule has 2 unspecified atom stereocenters. The van der Waals surface area contributed by atoms with Gasteiger partial charge in [-0.3, -0.25) is 4.79 Å². The molecule has 1 nitrogen and oxygen atoms in total. The Morgan fingerprint density at radius 2 is 1.33 bits per heavy atom. The third kappa shape index (κ3) is 8.77. The number of ketones is 1. The quantitative estimate of drug-likeness (QED) is 0.215. The first kappa shape index (κ1) is 22.6. The first-order chi connectivity index (χ1) is 11.5. The van der Waals surface area contributed by atoms with Crippen molar-refractivity contribution in [3.05, 3.63) is 0 Å². The molecule has 0 spiro atoms. The molecule has 0 aliphatic heterocycles. The summed E-state index contributed by atoms with van der Waals surface area (Å²) in [5, 5.41) is -0.425. The maximum atomic E-state index is 12.2. The Morgan fingerprint density at radius 3 is 1.75 bits per heavy atom. The zero-order chi connectivity index (χ0) is 17.8. The molecule has 0 radical (unpaired) electrons. The number of rotatable bonds is 14. The number of halogens is 3. The summed E-state index contributed by atoms with van der Waals surface area (Å²) in [5.74, 6) is 0.111. The van der Waals surface area contributed by atoms with Gasteiger partial charge in [0.05, 0.1) is 5.38 Å². The van der Waals surface area contributed by atoms with Crippen LogP contribution in [0.5, 0.6) is 0 Å². The van der Waals surface area contributed by atoms with Crippen LogP contribution in [0.25, 0.3) is 0 Å². The van der Waals surface area contributed by atoms with Crippen LogP contribution in [0, 0.1) is 5.92 Å². The van der Waals surface area contributed by atoms with Crippen molar-refractivity contribution in [2.24, 2.45) is 5.92 Å². The van der Waals surface area contributed by atoms with Crippen molar-refractivity contribution in [2.45, 2.75) is 113 Å². The number of unbranched alkanes of at least 4 members (excludes halogenated alkanes) is 11. The molecule has 0 aromatic heterocycles.